The summed E-state index contributed by atoms with van der Waals surface area (Å²) in [6.07, 6.45) is 4.34. The highest BCUT2D eigenvalue weighted by molar-refractivity contribution is 5.89. The van der Waals surface area contributed by atoms with Gasteiger partial charge in [-0.3, -0.25) is 0 Å². The molecule has 0 spiro atoms. The molecule has 0 atom stereocenters. The fourth-order valence-corrected chi connectivity index (χ4v) is 2.73. The van der Waals surface area contributed by atoms with Crippen LogP contribution < -0.4 is 0 Å². The molecule has 0 bridgehead atoms. The molecule has 0 saturated heterocycles. The van der Waals surface area contributed by atoms with Crippen LogP contribution in [0.4, 0.5) is 0 Å². The number of hydrogen-bond donors (Lipinski definition) is 1. The molecule has 114 valence electrons. The molecule has 0 radical (unpaired) electrons. The van der Waals surface area contributed by atoms with Crippen LogP contribution in [0, 0.1) is 6.92 Å². The van der Waals surface area contributed by atoms with Gasteiger partial charge in [-0.2, -0.15) is 0 Å². The Morgan fingerprint density at radius 2 is 1.91 bits per heavy atom. The van der Waals surface area contributed by atoms with Gasteiger partial charge in [0.15, 0.2) is 0 Å². The smallest absolute Gasteiger partial charge is 0.141 e. The Hall–Kier alpha value is -3.02. The molecule has 0 fully saturated rings. The Labute approximate surface area is 133 Å². The highest BCUT2D eigenvalue weighted by Crippen LogP contribution is 2.25. The zero-order valence-electron chi connectivity index (χ0n) is 12.8. The van der Waals surface area contributed by atoms with Crippen LogP contribution in [0.15, 0.2) is 48.9 Å². The monoisotopic (exact) mass is 304 g/mol. The number of hydrogen-bond acceptors (Lipinski definition) is 4. The molecular formula is C17H16N6. The number of nitrogens with zero attached hydrogens (tertiary/aromatic N) is 5. The van der Waals surface area contributed by atoms with E-state index in [0.29, 0.717) is 0 Å². The molecule has 0 aliphatic heterocycles. The zero-order valence-corrected chi connectivity index (χ0v) is 12.8. The first-order valence-electron chi connectivity index (χ1n) is 7.55. The highest BCUT2D eigenvalue weighted by atomic mass is 15.4. The molecule has 6 heteroatoms. The van der Waals surface area contributed by atoms with E-state index in [9.17, 15) is 0 Å². The number of benzene rings is 1. The fourth-order valence-electron chi connectivity index (χ4n) is 2.73. The topological polar surface area (TPSA) is 72.3 Å². The second kappa shape index (κ2) is 5.64. The van der Waals surface area contributed by atoms with Gasteiger partial charge < -0.3 is 4.98 Å². The van der Waals surface area contributed by atoms with Gasteiger partial charge in [0.05, 0.1) is 5.69 Å². The number of rotatable bonds is 4. The molecule has 6 nitrogen and oxygen atoms in total. The summed E-state index contributed by atoms with van der Waals surface area (Å²) in [5.74, 6) is 0. The van der Waals surface area contributed by atoms with Crippen LogP contribution in [0.2, 0.25) is 0 Å². The maximum atomic E-state index is 4.39. The SMILES string of the molecule is Cc1c(-c2ncnc3[nH]ccc23)nnn1CCc1ccccc1. The minimum atomic E-state index is 0.796. The fraction of sp³-hybridized carbons (Fsp3) is 0.176. The van der Waals surface area contributed by atoms with Gasteiger partial charge in [0, 0.05) is 18.1 Å². The largest absolute Gasteiger partial charge is 0.346 e. The first kappa shape index (κ1) is 13.6. The Morgan fingerprint density at radius 1 is 1.04 bits per heavy atom. The zero-order chi connectivity index (χ0) is 15.6. The summed E-state index contributed by atoms with van der Waals surface area (Å²) in [5.41, 5.74) is 4.75. The van der Waals surface area contributed by atoms with Crippen LogP contribution in [0.5, 0.6) is 0 Å². The van der Waals surface area contributed by atoms with Crippen LogP contribution >= 0.6 is 0 Å². The highest BCUT2D eigenvalue weighted by Gasteiger charge is 2.15. The van der Waals surface area contributed by atoms with Crippen molar-refractivity contribution in [3.63, 3.8) is 0 Å². The number of aromatic amines is 1. The van der Waals surface area contributed by atoms with E-state index in [1.807, 2.05) is 29.9 Å². The van der Waals surface area contributed by atoms with Gasteiger partial charge in [-0.1, -0.05) is 35.5 Å². The van der Waals surface area contributed by atoms with E-state index in [1.165, 1.54) is 5.56 Å². The average Bonchev–Trinajstić information content (AvgIpc) is 3.20. The van der Waals surface area contributed by atoms with Crippen molar-refractivity contribution >= 4 is 11.0 Å². The molecule has 0 saturated carbocycles. The summed E-state index contributed by atoms with van der Waals surface area (Å²) in [4.78, 5) is 11.7. The van der Waals surface area contributed by atoms with E-state index in [-0.39, 0.29) is 0 Å². The van der Waals surface area contributed by atoms with Crippen molar-refractivity contribution in [1.82, 2.24) is 29.9 Å². The van der Waals surface area contributed by atoms with Crippen molar-refractivity contribution < 1.29 is 0 Å². The van der Waals surface area contributed by atoms with Crippen molar-refractivity contribution in [1.29, 1.82) is 0 Å². The van der Waals surface area contributed by atoms with Crippen molar-refractivity contribution in [3.8, 4) is 11.4 Å². The van der Waals surface area contributed by atoms with Gasteiger partial charge in [0.1, 0.15) is 23.4 Å². The van der Waals surface area contributed by atoms with E-state index in [2.05, 4.69) is 49.5 Å². The summed E-state index contributed by atoms with van der Waals surface area (Å²) < 4.78 is 1.93. The quantitative estimate of drug-likeness (QED) is 0.629. The van der Waals surface area contributed by atoms with Crippen LogP contribution in [0.1, 0.15) is 11.3 Å². The molecule has 1 aromatic carbocycles. The van der Waals surface area contributed by atoms with E-state index in [4.69, 9.17) is 0 Å². The maximum Gasteiger partial charge on any atom is 0.141 e. The Kier molecular flexibility index (Phi) is 3.34. The van der Waals surface area contributed by atoms with Crippen molar-refractivity contribution in [3.05, 3.63) is 60.2 Å². The molecule has 0 aliphatic carbocycles. The first-order chi connectivity index (χ1) is 11.3. The normalized spacial score (nSPS) is 11.2. The molecule has 23 heavy (non-hydrogen) atoms. The Morgan fingerprint density at radius 3 is 2.78 bits per heavy atom. The minimum absolute atomic E-state index is 0.796. The lowest BCUT2D eigenvalue weighted by molar-refractivity contribution is 0.575. The Bertz CT molecular complexity index is 938. The lowest BCUT2D eigenvalue weighted by Gasteiger charge is -2.04. The van der Waals surface area contributed by atoms with Gasteiger partial charge in [-0.25, -0.2) is 14.6 Å². The van der Waals surface area contributed by atoms with Crippen LogP contribution in [0.3, 0.4) is 0 Å². The summed E-state index contributed by atoms with van der Waals surface area (Å²) >= 11 is 0. The van der Waals surface area contributed by atoms with Gasteiger partial charge in [0.25, 0.3) is 0 Å². The van der Waals surface area contributed by atoms with Gasteiger partial charge in [-0.05, 0) is 25.0 Å². The molecular weight excluding hydrogens is 288 g/mol. The summed E-state index contributed by atoms with van der Waals surface area (Å²) in [7, 11) is 0. The summed E-state index contributed by atoms with van der Waals surface area (Å²) in [5, 5.41) is 9.59. The summed E-state index contributed by atoms with van der Waals surface area (Å²) in [6.45, 7) is 2.82. The van der Waals surface area contributed by atoms with Crippen molar-refractivity contribution in [2.75, 3.05) is 0 Å². The molecule has 0 aliphatic rings. The van der Waals surface area contributed by atoms with E-state index >= 15 is 0 Å². The summed E-state index contributed by atoms with van der Waals surface area (Å²) in [6, 6.07) is 12.4. The van der Waals surface area contributed by atoms with E-state index < -0.39 is 0 Å². The molecule has 4 rings (SSSR count). The van der Waals surface area contributed by atoms with Crippen LogP contribution in [0.25, 0.3) is 22.4 Å². The standard InChI is InChI=1S/C17H16N6/c1-12-15(16-14-7-9-18-17(14)20-11-19-16)21-22-23(12)10-8-13-5-3-2-4-6-13/h2-7,9,11H,8,10H2,1H3,(H,18,19,20). The molecule has 4 aromatic rings. The van der Waals surface area contributed by atoms with Crippen molar-refractivity contribution in [2.45, 2.75) is 19.9 Å². The molecule has 1 N–H and O–H groups in total. The number of aryl methyl sites for hydroxylation is 2. The second-order valence-corrected chi connectivity index (χ2v) is 5.44. The predicted octanol–water partition coefficient (Wildman–Crippen LogP) is 2.77. The predicted molar refractivity (Wildman–Crippen MR) is 87.8 cm³/mol. The number of aromatic nitrogens is 6. The lowest BCUT2D eigenvalue weighted by Crippen LogP contribution is -2.05. The van der Waals surface area contributed by atoms with Gasteiger partial charge in [0.2, 0.25) is 0 Å². The first-order valence-corrected chi connectivity index (χ1v) is 7.55. The van der Waals surface area contributed by atoms with Gasteiger partial charge in [-0.15, -0.1) is 5.10 Å². The van der Waals surface area contributed by atoms with E-state index in [1.54, 1.807) is 6.33 Å². The van der Waals surface area contributed by atoms with E-state index in [0.717, 1.165) is 41.1 Å². The lowest BCUT2D eigenvalue weighted by atomic mass is 10.1. The number of nitrogens with one attached hydrogen (secondary N) is 1. The Balaban J connectivity index is 1.64. The minimum Gasteiger partial charge on any atom is -0.346 e. The number of H-pyrrole nitrogens is 1. The second-order valence-electron chi connectivity index (χ2n) is 5.44. The molecule has 3 aromatic heterocycles. The van der Waals surface area contributed by atoms with Gasteiger partial charge >= 0.3 is 0 Å². The molecule has 3 heterocycles. The van der Waals surface area contributed by atoms with Crippen LogP contribution in [-0.4, -0.2) is 29.9 Å². The average molecular weight is 304 g/mol. The third-order valence-electron chi connectivity index (χ3n) is 4.02. The molecule has 0 unspecified atom stereocenters. The maximum absolute atomic E-state index is 4.39. The third-order valence-corrected chi connectivity index (χ3v) is 4.02. The number of fused-ring (bicyclic) bond motifs is 1. The molecule has 0 amide bonds. The third kappa shape index (κ3) is 2.48. The van der Waals surface area contributed by atoms with Crippen molar-refractivity contribution in [2.24, 2.45) is 0 Å². The van der Waals surface area contributed by atoms with Crippen LogP contribution in [-0.2, 0) is 13.0 Å².